The molecule has 3 aromatic carbocycles. The molecule has 0 atom stereocenters. The van der Waals surface area contributed by atoms with Gasteiger partial charge in [-0.2, -0.15) is 0 Å². The highest BCUT2D eigenvalue weighted by molar-refractivity contribution is 7.80. The molecule has 0 saturated heterocycles. The first-order chi connectivity index (χ1) is 10.7. The Morgan fingerprint density at radius 3 is 1.73 bits per heavy atom. The van der Waals surface area contributed by atoms with Crippen molar-refractivity contribution in [1.82, 2.24) is 0 Å². The smallest absolute Gasteiger partial charge is 0.194 e. The normalized spacial score (nSPS) is 9.55. The van der Waals surface area contributed by atoms with Crippen molar-refractivity contribution in [3.63, 3.8) is 0 Å². The van der Waals surface area contributed by atoms with Crippen molar-refractivity contribution in [3.05, 3.63) is 102 Å². The Bertz CT molecular complexity index is 721. The van der Waals surface area contributed by atoms with Crippen molar-refractivity contribution in [2.45, 2.75) is 11.8 Å². The minimum atomic E-state index is 0.0150. The zero-order valence-corrected chi connectivity index (χ0v) is 13.3. The van der Waals surface area contributed by atoms with Gasteiger partial charge in [0, 0.05) is 16.0 Å². The highest BCUT2D eigenvalue weighted by Gasteiger charge is 2.10. The summed E-state index contributed by atoms with van der Waals surface area (Å²) in [5.41, 5.74) is 2.66. The van der Waals surface area contributed by atoms with Gasteiger partial charge in [-0.15, -0.1) is 12.6 Å². The molecular weight excluding hydrogens is 288 g/mol. The fourth-order valence-electron chi connectivity index (χ4n) is 1.95. The molecule has 0 aliphatic heterocycles. The molecule has 0 aromatic heterocycles. The Morgan fingerprint density at radius 1 is 0.727 bits per heavy atom. The van der Waals surface area contributed by atoms with Crippen LogP contribution in [0.15, 0.2) is 89.8 Å². The van der Waals surface area contributed by atoms with Gasteiger partial charge in [-0.1, -0.05) is 78.4 Å². The summed E-state index contributed by atoms with van der Waals surface area (Å²) in [6.45, 7) is 2.08. The maximum Gasteiger partial charge on any atom is 0.194 e. The van der Waals surface area contributed by atoms with Crippen LogP contribution in [-0.2, 0) is 0 Å². The first kappa shape index (κ1) is 16.1. The quantitative estimate of drug-likeness (QED) is 0.508. The van der Waals surface area contributed by atoms with E-state index in [1.54, 1.807) is 6.07 Å². The van der Waals surface area contributed by atoms with Crippen LogP contribution < -0.4 is 0 Å². The Balaban J connectivity index is 0.000000211. The van der Waals surface area contributed by atoms with E-state index in [9.17, 15) is 4.79 Å². The molecule has 0 heterocycles. The molecular formula is C20H18OS. The van der Waals surface area contributed by atoms with Gasteiger partial charge in [0.25, 0.3) is 0 Å². The van der Waals surface area contributed by atoms with Crippen molar-refractivity contribution in [2.75, 3.05) is 0 Å². The number of thiol groups is 1. The highest BCUT2D eigenvalue weighted by atomic mass is 32.1. The van der Waals surface area contributed by atoms with Crippen LogP contribution in [0.25, 0.3) is 0 Å². The fourth-order valence-corrected chi connectivity index (χ4v) is 2.21. The number of carbonyl (C=O) groups is 1. The molecule has 0 fully saturated rings. The van der Waals surface area contributed by atoms with Crippen LogP contribution in [-0.4, -0.2) is 5.78 Å². The lowest BCUT2D eigenvalue weighted by atomic mass is 10.0. The van der Waals surface area contributed by atoms with Crippen molar-refractivity contribution < 1.29 is 4.79 Å². The number of rotatable bonds is 2. The second kappa shape index (κ2) is 8.20. The molecule has 0 saturated carbocycles. The molecule has 1 nitrogen and oxygen atoms in total. The van der Waals surface area contributed by atoms with Gasteiger partial charge in [-0.05, 0) is 19.1 Å². The van der Waals surface area contributed by atoms with E-state index in [1.807, 2.05) is 66.7 Å². The van der Waals surface area contributed by atoms with E-state index >= 15 is 0 Å². The highest BCUT2D eigenvalue weighted by Crippen LogP contribution is 2.17. The largest absolute Gasteiger partial charge is 0.289 e. The summed E-state index contributed by atoms with van der Waals surface area (Å²) in [4.78, 5) is 12.7. The minimum Gasteiger partial charge on any atom is -0.289 e. The molecule has 0 aliphatic carbocycles. The van der Waals surface area contributed by atoms with E-state index in [-0.39, 0.29) is 5.78 Å². The van der Waals surface area contributed by atoms with E-state index in [4.69, 9.17) is 0 Å². The Labute approximate surface area is 137 Å². The van der Waals surface area contributed by atoms with Gasteiger partial charge in [0.1, 0.15) is 0 Å². The molecule has 0 amide bonds. The van der Waals surface area contributed by atoms with Gasteiger partial charge >= 0.3 is 0 Å². The Kier molecular flexibility index (Phi) is 5.99. The lowest BCUT2D eigenvalue weighted by Gasteiger charge is -2.03. The zero-order valence-electron chi connectivity index (χ0n) is 12.4. The SMILES string of the molecule is Cc1ccccc1.O=C(c1ccccc1)c1ccccc1S. The molecule has 0 radical (unpaired) electrons. The molecule has 3 aromatic rings. The number of hydrogen-bond donors (Lipinski definition) is 1. The lowest BCUT2D eigenvalue weighted by molar-refractivity contribution is 0.103. The van der Waals surface area contributed by atoms with Crippen molar-refractivity contribution in [3.8, 4) is 0 Å². The summed E-state index contributed by atoms with van der Waals surface area (Å²) in [7, 11) is 0. The molecule has 0 spiro atoms. The number of ketones is 1. The van der Waals surface area contributed by atoms with Gasteiger partial charge in [-0.3, -0.25) is 4.79 Å². The lowest BCUT2D eigenvalue weighted by Crippen LogP contribution is -2.01. The zero-order chi connectivity index (χ0) is 15.8. The van der Waals surface area contributed by atoms with E-state index in [0.717, 1.165) is 0 Å². The van der Waals surface area contributed by atoms with Crippen molar-refractivity contribution in [2.24, 2.45) is 0 Å². The summed E-state index contributed by atoms with van der Waals surface area (Å²) in [6, 6.07) is 26.8. The number of benzene rings is 3. The first-order valence-corrected chi connectivity index (χ1v) is 7.52. The first-order valence-electron chi connectivity index (χ1n) is 7.08. The average Bonchev–Trinajstić information content (AvgIpc) is 2.57. The van der Waals surface area contributed by atoms with Crippen LogP contribution in [0.1, 0.15) is 21.5 Å². The molecule has 0 aliphatic rings. The third-order valence-corrected chi connectivity index (χ3v) is 3.52. The van der Waals surface area contributed by atoms with Gasteiger partial charge in [0.15, 0.2) is 5.78 Å². The van der Waals surface area contributed by atoms with Gasteiger partial charge in [-0.25, -0.2) is 0 Å². The summed E-state index contributed by atoms with van der Waals surface area (Å²) < 4.78 is 0. The van der Waals surface area contributed by atoms with Crippen LogP contribution >= 0.6 is 12.6 Å². The monoisotopic (exact) mass is 306 g/mol. The molecule has 0 bridgehead atoms. The van der Waals surface area contributed by atoms with Crippen LogP contribution in [0.4, 0.5) is 0 Å². The van der Waals surface area contributed by atoms with Gasteiger partial charge < -0.3 is 0 Å². The fraction of sp³-hybridized carbons (Fsp3) is 0.0500. The van der Waals surface area contributed by atoms with E-state index in [1.165, 1.54) is 5.56 Å². The molecule has 22 heavy (non-hydrogen) atoms. The number of hydrogen-bond acceptors (Lipinski definition) is 2. The topological polar surface area (TPSA) is 17.1 Å². The van der Waals surface area contributed by atoms with Crippen molar-refractivity contribution >= 4 is 18.4 Å². The van der Waals surface area contributed by atoms with E-state index in [2.05, 4.69) is 31.7 Å². The summed E-state index contributed by atoms with van der Waals surface area (Å²) >= 11 is 4.27. The Hall–Kier alpha value is -2.32. The van der Waals surface area contributed by atoms with Crippen LogP contribution in [0.5, 0.6) is 0 Å². The van der Waals surface area contributed by atoms with Crippen LogP contribution in [0.2, 0.25) is 0 Å². The summed E-state index contributed by atoms with van der Waals surface area (Å²) in [6.07, 6.45) is 0. The van der Waals surface area contributed by atoms with Crippen LogP contribution in [0, 0.1) is 6.92 Å². The third kappa shape index (κ3) is 4.61. The molecule has 0 unspecified atom stereocenters. The summed E-state index contributed by atoms with van der Waals surface area (Å²) in [5, 5.41) is 0. The van der Waals surface area contributed by atoms with E-state index < -0.39 is 0 Å². The number of carbonyl (C=O) groups excluding carboxylic acids is 1. The molecule has 110 valence electrons. The average molecular weight is 306 g/mol. The second-order valence-electron chi connectivity index (χ2n) is 4.87. The van der Waals surface area contributed by atoms with Crippen LogP contribution in [0.3, 0.4) is 0 Å². The maximum atomic E-state index is 12.0. The minimum absolute atomic E-state index is 0.0150. The van der Waals surface area contributed by atoms with E-state index in [0.29, 0.717) is 16.0 Å². The Morgan fingerprint density at radius 2 is 1.23 bits per heavy atom. The van der Waals surface area contributed by atoms with Gasteiger partial charge in [0.2, 0.25) is 0 Å². The predicted octanol–water partition coefficient (Wildman–Crippen LogP) is 5.20. The standard InChI is InChI=1S/C13H10OS.C7H8/c14-13(10-6-2-1-3-7-10)11-8-4-5-9-12(11)15;1-7-5-3-2-4-6-7/h1-9,15H;2-6H,1H3. The maximum absolute atomic E-state index is 12.0. The second-order valence-corrected chi connectivity index (χ2v) is 5.35. The summed E-state index contributed by atoms with van der Waals surface area (Å²) in [5.74, 6) is 0.0150. The number of aryl methyl sites for hydroxylation is 1. The molecule has 0 N–H and O–H groups in total. The van der Waals surface area contributed by atoms with Gasteiger partial charge in [0.05, 0.1) is 0 Å². The third-order valence-electron chi connectivity index (χ3n) is 3.13. The molecule has 2 heteroatoms. The molecule has 3 rings (SSSR count). The van der Waals surface area contributed by atoms with Crippen molar-refractivity contribution in [1.29, 1.82) is 0 Å². The predicted molar refractivity (Wildman–Crippen MR) is 94.7 cm³/mol.